The maximum atomic E-state index is 12.4. The molecule has 0 saturated heterocycles. The number of rotatable bonds is 8. The highest BCUT2D eigenvalue weighted by molar-refractivity contribution is 7.92. The van der Waals surface area contributed by atoms with E-state index in [-0.39, 0.29) is 16.6 Å². The number of urea groups is 1. The lowest BCUT2D eigenvalue weighted by Gasteiger charge is -2.22. The summed E-state index contributed by atoms with van der Waals surface area (Å²) in [6.07, 6.45) is 0.671. The van der Waals surface area contributed by atoms with Crippen LogP contribution in [0.5, 0.6) is 0 Å². The minimum Gasteiger partial charge on any atom is -0.467 e. The summed E-state index contributed by atoms with van der Waals surface area (Å²) in [6, 6.07) is 5.57. The fraction of sp³-hybridized carbons (Fsp3) is 0.389. The Balaban J connectivity index is 2.04. The molecule has 2 amide bonds. The van der Waals surface area contributed by atoms with E-state index in [1.54, 1.807) is 6.92 Å². The highest BCUT2D eigenvalue weighted by atomic mass is 32.2. The number of nitrogens with one attached hydrogen (secondary N) is 3. The Hall–Kier alpha value is -3.08. The smallest absolute Gasteiger partial charge is 0.328 e. The van der Waals surface area contributed by atoms with Crippen molar-refractivity contribution in [1.82, 2.24) is 10.5 Å². The lowest BCUT2D eigenvalue weighted by atomic mass is 9.99. The Morgan fingerprint density at radius 1 is 1.24 bits per heavy atom. The van der Waals surface area contributed by atoms with Crippen molar-refractivity contribution in [1.29, 1.82) is 0 Å². The number of carbonyl (C=O) groups excluding carboxylic acids is 2. The van der Waals surface area contributed by atoms with Crippen molar-refractivity contribution in [2.24, 2.45) is 5.92 Å². The third-order valence-corrected chi connectivity index (χ3v) is 5.61. The molecule has 1 heterocycles. The number of carbonyl (C=O) groups is 2. The van der Waals surface area contributed by atoms with Crippen LogP contribution in [0.1, 0.15) is 26.0 Å². The third kappa shape index (κ3) is 5.95. The van der Waals surface area contributed by atoms with E-state index >= 15 is 0 Å². The van der Waals surface area contributed by atoms with Crippen LogP contribution in [0.15, 0.2) is 39.8 Å². The lowest BCUT2D eigenvalue weighted by Crippen LogP contribution is -2.47. The number of benzene rings is 1. The monoisotopic (exact) mass is 424 g/mol. The molecule has 2 atom stereocenters. The van der Waals surface area contributed by atoms with E-state index in [0.717, 1.165) is 0 Å². The second kappa shape index (κ2) is 9.41. The maximum Gasteiger partial charge on any atom is 0.328 e. The number of nitrogens with zero attached hydrogens (tertiary/aromatic N) is 1. The molecule has 2 aromatic rings. The first-order valence-electron chi connectivity index (χ1n) is 8.87. The Labute approximate surface area is 169 Å². The van der Waals surface area contributed by atoms with Gasteiger partial charge in [0.15, 0.2) is 5.82 Å². The summed E-state index contributed by atoms with van der Waals surface area (Å²) in [5.74, 6) is -0.115. The molecule has 0 radical (unpaired) electrons. The van der Waals surface area contributed by atoms with E-state index in [9.17, 15) is 18.0 Å². The molecule has 0 aliphatic heterocycles. The molecule has 0 aliphatic rings. The van der Waals surface area contributed by atoms with Crippen molar-refractivity contribution in [2.75, 3.05) is 17.1 Å². The summed E-state index contributed by atoms with van der Waals surface area (Å²) in [7, 11) is -2.60. The van der Waals surface area contributed by atoms with Gasteiger partial charge in [-0.25, -0.2) is 18.0 Å². The minimum atomic E-state index is -3.86. The van der Waals surface area contributed by atoms with Crippen molar-refractivity contribution < 1.29 is 27.3 Å². The molecule has 29 heavy (non-hydrogen) atoms. The molecule has 11 heteroatoms. The van der Waals surface area contributed by atoms with Crippen LogP contribution in [0.25, 0.3) is 0 Å². The topological polar surface area (TPSA) is 140 Å². The van der Waals surface area contributed by atoms with Crippen LogP contribution in [0, 0.1) is 12.8 Å². The molecule has 2 unspecified atom stereocenters. The van der Waals surface area contributed by atoms with Crippen LogP contribution in [0.2, 0.25) is 0 Å². The largest absolute Gasteiger partial charge is 0.467 e. The van der Waals surface area contributed by atoms with Crippen LogP contribution < -0.4 is 15.4 Å². The fourth-order valence-corrected chi connectivity index (χ4v) is 3.42. The highest BCUT2D eigenvalue weighted by Crippen LogP contribution is 2.18. The van der Waals surface area contributed by atoms with E-state index in [1.165, 1.54) is 37.4 Å². The van der Waals surface area contributed by atoms with E-state index < -0.39 is 28.1 Å². The quantitative estimate of drug-likeness (QED) is 0.553. The van der Waals surface area contributed by atoms with Crippen molar-refractivity contribution in [3.8, 4) is 0 Å². The number of sulfonamides is 1. The molecule has 0 spiro atoms. The Morgan fingerprint density at radius 2 is 1.90 bits per heavy atom. The lowest BCUT2D eigenvalue weighted by molar-refractivity contribution is -0.144. The number of aromatic nitrogens is 1. The molecule has 1 aromatic carbocycles. The van der Waals surface area contributed by atoms with Crippen molar-refractivity contribution in [3.05, 3.63) is 36.1 Å². The zero-order chi connectivity index (χ0) is 21.6. The van der Waals surface area contributed by atoms with Gasteiger partial charge in [-0.05, 0) is 37.1 Å². The van der Waals surface area contributed by atoms with Crippen LogP contribution in [-0.4, -0.2) is 38.7 Å². The van der Waals surface area contributed by atoms with Crippen molar-refractivity contribution >= 4 is 33.5 Å². The molecular weight excluding hydrogens is 400 g/mol. The van der Waals surface area contributed by atoms with E-state index in [2.05, 4.69) is 20.5 Å². The third-order valence-electron chi connectivity index (χ3n) is 4.24. The number of anilines is 2. The molecule has 0 saturated carbocycles. The normalized spacial score (nSPS) is 13.2. The second-order valence-corrected chi connectivity index (χ2v) is 8.12. The minimum absolute atomic E-state index is 0.0175. The molecular formula is C18H24N4O6S. The van der Waals surface area contributed by atoms with Crippen LogP contribution in [0.4, 0.5) is 16.3 Å². The van der Waals surface area contributed by atoms with Gasteiger partial charge in [-0.1, -0.05) is 25.4 Å². The van der Waals surface area contributed by atoms with Gasteiger partial charge in [0.25, 0.3) is 10.0 Å². The first-order valence-corrected chi connectivity index (χ1v) is 10.4. The SMILES string of the molecule is CCC(C)C(NC(=O)Nc1ccc(S(=O)(=O)Nc2cc(C)on2)cc1)C(=O)OC. The number of amides is 2. The predicted octanol–water partition coefficient (Wildman–Crippen LogP) is 2.49. The number of esters is 1. The summed E-state index contributed by atoms with van der Waals surface area (Å²) < 4.78 is 36.6. The van der Waals surface area contributed by atoms with Gasteiger partial charge in [0, 0.05) is 11.8 Å². The second-order valence-electron chi connectivity index (χ2n) is 6.44. The summed E-state index contributed by atoms with van der Waals surface area (Å²) in [5.41, 5.74) is 0.353. The van der Waals surface area contributed by atoms with E-state index in [0.29, 0.717) is 17.9 Å². The Morgan fingerprint density at radius 3 is 2.41 bits per heavy atom. The fourth-order valence-electron chi connectivity index (χ4n) is 2.43. The Kier molecular flexibility index (Phi) is 7.21. The summed E-state index contributed by atoms with van der Waals surface area (Å²) >= 11 is 0. The average Bonchev–Trinajstić information content (AvgIpc) is 3.09. The van der Waals surface area contributed by atoms with Crippen LogP contribution in [0.3, 0.4) is 0 Å². The predicted molar refractivity (Wildman–Crippen MR) is 106 cm³/mol. The zero-order valence-corrected chi connectivity index (χ0v) is 17.4. The molecule has 10 nitrogen and oxygen atoms in total. The molecule has 158 valence electrons. The molecule has 0 bridgehead atoms. The maximum absolute atomic E-state index is 12.4. The van der Waals surface area contributed by atoms with Crippen molar-refractivity contribution in [2.45, 2.75) is 38.1 Å². The number of methoxy groups -OCH3 is 1. The van der Waals surface area contributed by atoms with Crippen LogP contribution in [-0.2, 0) is 19.6 Å². The molecule has 1 aromatic heterocycles. The first-order chi connectivity index (χ1) is 13.7. The average molecular weight is 424 g/mol. The highest BCUT2D eigenvalue weighted by Gasteiger charge is 2.26. The standard InChI is InChI=1S/C18H24N4O6S/c1-5-11(2)16(17(23)27-4)20-18(24)19-13-6-8-14(9-7-13)29(25,26)22-15-10-12(3)28-21-15/h6-11,16H,5H2,1-4H3,(H,21,22)(H2,19,20,24). The van der Waals surface area contributed by atoms with Gasteiger partial charge in [0.1, 0.15) is 11.8 Å². The van der Waals surface area contributed by atoms with E-state index in [4.69, 9.17) is 9.26 Å². The molecule has 2 rings (SSSR count). The summed E-state index contributed by atoms with van der Waals surface area (Å²) in [5, 5.41) is 8.72. The van der Waals surface area contributed by atoms with Crippen LogP contribution >= 0.6 is 0 Å². The molecule has 0 aliphatic carbocycles. The number of hydrogen-bond donors (Lipinski definition) is 3. The molecule has 3 N–H and O–H groups in total. The zero-order valence-electron chi connectivity index (χ0n) is 16.6. The number of ether oxygens (including phenoxy) is 1. The number of aryl methyl sites for hydroxylation is 1. The van der Waals surface area contributed by atoms with Crippen molar-refractivity contribution in [3.63, 3.8) is 0 Å². The summed E-state index contributed by atoms with van der Waals surface area (Å²) in [6.45, 7) is 5.36. The van der Waals surface area contributed by atoms with Gasteiger partial charge < -0.3 is 19.9 Å². The van der Waals surface area contributed by atoms with Gasteiger partial charge >= 0.3 is 12.0 Å². The Bertz CT molecular complexity index is 955. The number of hydrogen-bond acceptors (Lipinski definition) is 7. The van der Waals surface area contributed by atoms with Gasteiger partial charge in [-0.3, -0.25) is 4.72 Å². The molecule has 0 fully saturated rings. The van der Waals surface area contributed by atoms with E-state index in [1.807, 2.05) is 13.8 Å². The van der Waals surface area contributed by atoms with Gasteiger partial charge in [-0.15, -0.1) is 0 Å². The first kappa shape index (κ1) is 22.2. The summed E-state index contributed by atoms with van der Waals surface area (Å²) in [4.78, 5) is 24.0. The van der Waals surface area contributed by atoms with Gasteiger partial charge in [-0.2, -0.15) is 0 Å². The van der Waals surface area contributed by atoms with Gasteiger partial charge in [0.2, 0.25) is 0 Å². The van der Waals surface area contributed by atoms with Gasteiger partial charge in [0.05, 0.1) is 12.0 Å².